The van der Waals surface area contributed by atoms with E-state index in [1.807, 2.05) is 0 Å². The number of hydrogen-bond acceptors (Lipinski definition) is 2. The van der Waals surface area contributed by atoms with E-state index in [1.54, 1.807) is 0 Å². The number of nitrogens with zero attached hydrogens (tertiary/aromatic N) is 2. The second-order valence-electron chi connectivity index (χ2n) is 4.31. The summed E-state index contributed by atoms with van der Waals surface area (Å²) in [6.45, 7) is 5.97. The van der Waals surface area contributed by atoms with Crippen molar-refractivity contribution in [1.82, 2.24) is 9.80 Å². The molecule has 1 aliphatic heterocycles. The van der Waals surface area contributed by atoms with Crippen molar-refractivity contribution in [3.63, 3.8) is 0 Å². The highest BCUT2D eigenvalue weighted by Crippen LogP contribution is 2.17. The second-order valence-corrected chi connectivity index (χ2v) is 4.31. The van der Waals surface area contributed by atoms with E-state index in [0.717, 1.165) is 6.04 Å². The van der Waals surface area contributed by atoms with Crippen LogP contribution in [0.25, 0.3) is 0 Å². The van der Waals surface area contributed by atoms with E-state index in [2.05, 4.69) is 30.8 Å². The van der Waals surface area contributed by atoms with Crippen LogP contribution in [0.15, 0.2) is 0 Å². The Balaban J connectivity index is 2.18. The topological polar surface area (TPSA) is 6.48 Å². The number of piperidine rings is 1. The van der Waals surface area contributed by atoms with Crippen LogP contribution in [0.1, 0.15) is 32.6 Å². The number of rotatable bonds is 4. The van der Waals surface area contributed by atoms with E-state index in [-0.39, 0.29) is 0 Å². The summed E-state index contributed by atoms with van der Waals surface area (Å²) in [7, 11) is 4.48. The molecule has 1 fully saturated rings. The van der Waals surface area contributed by atoms with Crippen molar-refractivity contribution in [2.45, 2.75) is 38.6 Å². The molecule has 13 heavy (non-hydrogen) atoms. The van der Waals surface area contributed by atoms with Gasteiger partial charge in [0.2, 0.25) is 0 Å². The quantitative estimate of drug-likeness (QED) is 0.657. The average Bonchev–Trinajstić information content (AvgIpc) is 2.16. The first-order valence-corrected chi connectivity index (χ1v) is 5.62. The lowest BCUT2D eigenvalue weighted by molar-refractivity contribution is 0.162. The molecule has 2 nitrogen and oxygen atoms in total. The molecule has 1 rings (SSSR count). The fourth-order valence-corrected chi connectivity index (χ4v) is 2.04. The molecule has 1 heterocycles. The van der Waals surface area contributed by atoms with Crippen LogP contribution in [0.2, 0.25) is 0 Å². The van der Waals surface area contributed by atoms with Gasteiger partial charge in [0.05, 0.1) is 0 Å². The molecule has 0 saturated carbocycles. The molecule has 0 aliphatic carbocycles. The van der Waals surface area contributed by atoms with Gasteiger partial charge in [-0.25, -0.2) is 0 Å². The molecule has 78 valence electrons. The summed E-state index contributed by atoms with van der Waals surface area (Å²) in [6.07, 6.45) is 5.59. The van der Waals surface area contributed by atoms with Gasteiger partial charge < -0.3 is 9.80 Å². The zero-order valence-electron chi connectivity index (χ0n) is 9.42. The lowest BCUT2D eigenvalue weighted by atomic mass is 10.00. The van der Waals surface area contributed by atoms with Gasteiger partial charge in [0.15, 0.2) is 0 Å². The minimum Gasteiger partial charge on any atom is -0.307 e. The molecule has 0 bridgehead atoms. The summed E-state index contributed by atoms with van der Waals surface area (Å²) in [4.78, 5) is 4.94. The molecule has 2 heteroatoms. The van der Waals surface area contributed by atoms with Crippen molar-refractivity contribution >= 4 is 0 Å². The molecule has 1 aliphatic rings. The first kappa shape index (κ1) is 11.0. The Morgan fingerprint density at radius 1 is 1.38 bits per heavy atom. The van der Waals surface area contributed by atoms with Gasteiger partial charge >= 0.3 is 0 Å². The van der Waals surface area contributed by atoms with Crippen molar-refractivity contribution in [1.29, 1.82) is 0 Å². The highest BCUT2D eigenvalue weighted by atomic mass is 15.1. The Morgan fingerprint density at radius 2 is 2.15 bits per heavy atom. The van der Waals surface area contributed by atoms with Gasteiger partial charge in [-0.15, -0.1) is 0 Å². The Labute approximate surface area is 82.9 Å². The largest absolute Gasteiger partial charge is 0.307 e. The molecule has 1 saturated heterocycles. The maximum absolute atomic E-state index is 2.53. The molecular weight excluding hydrogens is 160 g/mol. The van der Waals surface area contributed by atoms with E-state index in [1.165, 1.54) is 45.3 Å². The third-order valence-electron chi connectivity index (χ3n) is 3.31. The number of hydrogen-bond donors (Lipinski definition) is 0. The smallest absolute Gasteiger partial charge is 0.0104 e. The van der Waals surface area contributed by atoms with E-state index < -0.39 is 0 Å². The number of likely N-dealkylation sites (tertiary alicyclic amines) is 1. The van der Waals surface area contributed by atoms with E-state index in [4.69, 9.17) is 0 Å². The van der Waals surface area contributed by atoms with Gasteiger partial charge in [-0.05, 0) is 53.0 Å². The first-order chi connectivity index (χ1) is 6.24. The zero-order valence-corrected chi connectivity index (χ0v) is 9.42. The van der Waals surface area contributed by atoms with Gasteiger partial charge in [-0.2, -0.15) is 0 Å². The van der Waals surface area contributed by atoms with Crippen LogP contribution in [0.3, 0.4) is 0 Å². The monoisotopic (exact) mass is 184 g/mol. The van der Waals surface area contributed by atoms with Crippen LogP contribution in [-0.2, 0) is 0 Å². The Kier molecular flexibility index (Phi) is 4.74. The average molecular weight is 184 g/mol. The predicted octanol–water partition coefficient (Wildman–Crippen LogP) is 1.81. The molecule has 0 amide bonds. The van der Waals surface area contributed by atoms with Crippen LogP contribution in [-0.4, -0.2) is 49.6 Å². The normalized spacial score (nSPS) is 25.4. The van der Waals surface area contributed by atoms with Gasteiger partial charge in [0.1, 0.15) is 0 Å². The lowest BCUT2D eigenvalue weighted by Gasteiger charge is -2.33. The summed E-state index contributed by atoms with van der Waals surface area (Å²) in [5.74, 6) is 0. The summed E-state index contributed by atoms with van der Waals surface area (Å²) in [6, 6.07) is 0.850. The third kappa shape index (κ3) is 3.65. The molecule has 0 aromatic carbocycles. The lowest BCUT2D eigenvalue weighted by Crippen LogP contribution is -2.38. The van der Waals surface area contributed by atoms with Gasteiger partial charge in [0.25, 0.3) is 0 Å². The second kappa shape index (κ2) is 5.61. The zero-order chi connectivity index (χ0) is 9.68. The summed E-state index contributed by atoms with van der Waals surface area (Å²) in [5.41, 5.74) is 0. The Hall–Kier alpha value is -0.0800. The van der Waals surface area contributed by atoms with Crippen LogP contribution in [0.5, 0.6) is 0 Å². The molecule has 0 N–H and O–H groups in total. The van der Waals surface area contributed by atoms with E-state index in [0.29, 0.717) is 0 Å². The first-order valence-electron chi connectivity index (χ1n) is 5.62. The highest BCUT2D eigenvalue weighted by molar-refractivity contribution is 4.74. The van der Waals surface area contributed by atoms with Gasteiger partial charge in [-0.1, -0.05) is 13.3 Å². The van der Waals surface area contributed by atoms with Crippen molar-refractivity contribution < 1.29 is 0 Å². The maximum atomic E-state index is 2.53. The Morgan fingerprint density at radius 3 is 2.77 bits per heavy atom. The fourth-order valence-electron chi connectivity index (χ4n) is 2.04. The molecule has 1 atom stereocenters. The fraction of sp³-hybridized carbons (Fsp3) is 1.00. The standard InChI is InChI=1S/C11H24N2/c1-4-12(2)10-8-11-7-5-6-9-13(11)3/h11H,4-10H2,1-3H3. The summed E-state index contributed by atoms with van der Waals surface area (Å²) in [5, 5.41) is 0. The SMILES string of the molecule is CCN(C)CCC1CCCCN1C. The Bertz CT molecular complexity index is 136. The summed E-state index contributed by atoms with van der Waals surface area (Å²) < 4.78 is 0. The van der Waals surface area contributed by atoms with Gasteiger partial charge in [-0.3, -0.25) is 0 Å². The molecule has 0 spiro atoms. The van der Waals surface area contributed by atoms with Crippen molar-refractivity contribution in [2.75, 3.05) is 33.7 Å². The highest BCUT2D eigenvalue weighted by Gasteiger charge is 2.18. The third-order valence-corrected chi connectivity index (χ3v) is 3.31. The minimum absolute atomic E-state index is 0.850. The van der Waals surface area contributed by atoms with Crippen molar-refractivity contribution in [3.8, 4) is 0 Å². The summed E-state index contributed by atoms with van der Waals surface area (Å²) >= 11 is 0. The van der Waals surface area contributed by atoms with Crippen LogP contribution >= 0.6 is 0 Å². The van der Waals surface area contributed by atoms with Crippen molar-refractivity contribution in [3.05, 3.63) is 0 Å². The molecule has 0 aromatic rings. The van der Waals surface area contributed by atoms with E-state index in [9.17, 15) is 0 Å². The van der Waals surface area contributed by atoms with Crippen molar-refractivity contribution in [2.24, 2.45) is 0 Å². The molecule has 0 radical (unpaired) electrons. The molecule has 1 unspecified atom stereocenters. The predicted molar refractivity (Wildman–Crippen MR) is 58.1 cm³/mol. The van der Waals surface area contributed by atoms with E-state index >= 15 is 0 Å². The van der Waals surface area contributed by atoms with Gasteiger partial charge in [0, 0.05) is 6.04 Å². The molecular formula is C11H24N2. The maximum Gasteiger partial charge on any atom is 0.0104 e. The minimum atomic E-state index is 0.850. The molecule has 0 aromatic heterocycles. The van der Waals surface area contributed by atoms with Crippen LogP contribution in [0, 0.1) is 0 Å². The van der Waals surface area contributed by atoms with Crippen LogP contribution < -0.4 is 0 Å². The van der Waals surface area contributed by atoms with Crippen LogP contribution in [0.4, 0.5) is 0 Å².